The van der Waals surface area contributed by atoms with Crippen molar-refractivity contribution in [2.45, 2.75) is 0 Å². The van der Waals surface area contributed by atoms with Crippen molar-refractivity contribution in [2.24, 2.45) is 0 Å². The molecule has 1 heterocycles. The van der Waals surface area contributed by atoms with Crippen molar-refractivity contribution in [1.82, 2.24) is 4.98 Å². The molecular weight excluding hydrogens is 293 g/mol. The second kappa shape index (κ2) is 4.47. The lowest BCUT2D eigenvalue weighted by molar-refractivity contribution is 0.620. The summed E-state index contributed by atoms with van der Waals surface area (Å²) in [6, 6.07) is 10.4. The molecule has 0 saturated heterocycles. The third kappa shape index (κ3) is 2.07. The van der Waals surface area contributed by atoms with Gasteiger partial charge in [0.1, 0.15) is 5.52 Å². The molecule has 1 aromatic heterocycles. The van der Waals surface area contributed by atoms with Crippen LogP contribution < -0.4 is 0 Å². The van der Waals surface area contributed by atoms with Gasteiger partial charge in [-0.25, -0.2) is 4.98 Å². The number of nitrogens with zero attached hydrogens (tertiary/aromatic N) is 1. The Morgan fingerprint density at radius 3 is 2.44 bits per heavy atom. The van der Waals surface area contributed by atoms with E-state index in [4.69, 9.17) is 39.2 Å². The number of benzene rings is 2. The van der Waals surface area contributed by atoms with Crippen molar-refractivity contribution >= 4 is 45.9 Å². The zero-order valence-electron chi connectivity index (χ0n) is 8.95. The number of rotatable bonds is 1. The van der Waals surface area contributed by atoms with Gasteiger partial charge >= 0.3 is 0 Å². The topological polar surface area (TPSA) is 26.0 Å². The smallest absolute Gasteiger partial charge is 0.228 e. The van der Waals surface area contributed by atoms with Crippen LogP contribution in [0, 0.1) is 0 Å². The maximum Gasteiger partial charge on any atom is 0.228 e. The van der Waals surface area contributed by atoms with Gasteiger partial charge in [0, 0.05) is 10.0 Å². The first-order valence-electron chi connectivity index (χ1n) is 5.15. The molecule has 0 unspecified atom stereocenters. The maximum atomic E-state index is 6.10. The molecular formula is C13H6Cl3NO. The molecule has 0 atom stereocenters. The lowest BCUT2D eigenvalue weighted by atomic mass is 10.2. The quantitative estimate of drug-likeness (QED) is 0.596. The van der Waals surface area contributed by atoms with Gasteiger partial charge in [0.2, 0.25) is 5.89 Å². The molecule has 18 heavy (non-hydrogen) atoms. The molecule has 3 rings (SSSR count). The first-order chi connectivity index (χ1) is 8.63. The molecule has 2 nitrogen and oxygen atoms in total. The Morgan fingerprint density at radius 2 is 1.61 bits per heavy atom. The minimum Gasteiger partial charge on any atom is -0.436 e. The van der Waals surface area contributed by atoms with Crippen molar-refractivity contribution in [1.29, 1.82) is 0 Å². The van der Waals surface area contributed by atoms with E-state index in [2.05, 4.69) is 4.98 Å². The predicted octanol–water partition coefficient (Wildman–Crippen LogP) is 5.46. The highest BCUT2D eigenvalue weighted by Crippen LogP contribution is 2.32. The van der Waals surface area contributed by atoms with Crippen LogP contribution in [0.25, 0.3) is 22.6 Å². The molecule has 2 aromatic carbocycles. The van der Waals surface area contributed by atoms with Gasteiger partial charge < -0.3 is 4.42 Å². The van der Waals surface area contributed by atoms with Gasteiger partial charge in [-0.15, -0.1) is 0 Å². The second-order valence-corrected chi connectivity index (χ2v) is 5.04. The fraction of sp³-hybridized carbons (Fsp3) is 0. The largest absolute Gasteiger partial charge is 0.436 e. The Balaban J connectivity index is 2.22. The van der Waals surface area contributed by atoms with Gasteiger partial charge in [-0.1, -0.05) is 34.8 Å². The van der Waals surface area contributed by atoms with E-state index in [0.29, 0.717) is 37.6 Å². The summed E-state index contributed by atoms with van der Waals surface area (Å²) in [5.41, 5.74) is 2.01. The van der Waals surface area contributed by atoms with Crippen molar-refractivity contribution in [2.75, 3.05) is 0 Å². The summed E-state index contributed by atoms with van der Waals surface area (Å²) in [6.07, 6.45) is 0. The Bertz CT molecular complexity index is 736. The molecule has 3 aromatic rings. The molecule has 0 spiro atoms. The van der Waals surface area contributed by atoms with Crippen LogP contribution in [0.5, 0.6) is 0 Å². The summed E-state index contributed by atoms with van der Waals surface area (Å²) in [7, 11) is 0. The van der Waals surface area contributed by atoms with Crippen molar-refractivity contribution in [3.8, 4) is 11.5 Å². The van der Waals surface area contributed by atoms with E-state index in [1.807, 2.05) is 0 Å². The van der Waals surface area contributed by atoms with E-state index in [-0.39, 0.29) is 0 Å². The summed E-state index contributed by atoms with van der Waals surface area (Å²) in [5.74, 6) is 0.430. The predicted molar refractivity (Wildman–Crippen MR) is 74.5 cm³/mol. The van der Waals surface area contributed by atoms with Gasteiger partial charge in [0.05, 0.1) is 10.6 Å². The summed E-state index contributed by atoms with van der Waals surface area (Å²) < 4.78 is 5.63. The Kier molecular flexibility index (Phi) is 2.94. The lowest BCUT2D eigenvalue weighted by Crippen LogP contribution is -1.79. The summed E-state index contributed by atoms with van der Waals surface area (Å²) in [4.78, 5) is 4.35. The monoisotopic (exact) mass is 297 g/mol. The van der Waals surface area contributed by atoms with Crippen molar-refractivity contribution in [3.05, 3.63) is 51.5 Å². The standard InChI is InChI=1S/C13H6Cl3NO/c14-7-1-3-10(16)9(5-7)13-17-11-6-8(15)2-4-12(11)18-13/h1-6H. The Labute approximate surface area is 118 Å². The summed E-state index contributed by atoms with van der Waals surface area (Å²) in [6.45, 7) is 0. The molecule has 0 radical (unpaired) electrons. The molecule has 0 amide bonds. The molecule has 0 aliphatic heterocycles. The van der Waals surface area contributed by atoms with Gasteiger partial charge in [-0.05, 0) is 36.4 Å². The number of aromatic nitrogens is 1. The SMILES string of the molecule is Clc1ccc(Cl)c(-c2nc3cc(Cl)ccc3o2)c1. The van der Waals surface area contributed by atoms with Gasteiger partial charge in [0.15, 0.2) is 5.58 Å². The Morgan fingerprint density at radius 1 is 0.889 bits per heavy atom. The molecule has 0 aliphatic carbocycles. The first-order valence-corrected chi connectivity index (χ1v) is 6.28. The highest BCUT2D eigenvalue weighted by molar-refractivity contribution is 6.35. The normalized spacial score (nSPS) is 11.1. The third-order valence-corrected chi connectivity index (χ3v) is 3.31. The van der Waals surface area contributed by atoms with Crippen LogP contribution in [0.15, 0.2) is 40.8 Å². The van der Waals surface area contributed by atoms with E-state index < -0.39 is 0 Å². The second-order valence-electron chi connectivity index (χ2n) is 3.76. The zero-order chi connectivity index (χ0) is 12.7. The fourth-order valence-corrected chi connectivity index (χ4v) is 2.21. The minimum absolute atomic E-state index is 0.430. The third-order valence-electron chi connectivity index (χ3n) is 2.51. The van der Waals surface area contributed by atoms with E-state index >= 15 is 0 Å². The van der Waals surface area contributed by atoms with Crippen molar-refractivity contribution < 1.29 is 4.42 Å². The number of oxazole rings is 1. The minimum atomic E-state index is 0.430. The van der Waals surface area contributed by atoms with E-state index in [1.165, 1.54) is 0 Å². The molecule has 0 aliphatic rings. The molecule has 0 saturated carbocycles. The molecule has 0 bridgehead atoms. The fourth-order valence-electron chi connectivity index (χ4n) is 1.68. The zero-order valence-corrected chi connectivity index (χ0v) is 11.2. The van der Waals surface area contributed by atoms with Crippen LogP contribution in [0.1, 0.15) is 0 Å². The van der Waals surface area contributed by atoms with Gasteiger partial charge in [-0.2, -0.15) is 0 Å². The van der Waals surface area contributed by atoms with Crippen LogP contribution in [-0.2, 0) is 0 Å². The maximum absolute atomic E-state index is 6.10. The van der Waals surface area contributed by atoms with Gasteiger partial charge in [-0.3, -0.25) is 0 Å². The van der Waals surface area contributed by atoms with Crippen LogP contribution >= 0.6 is 34.8 Å². The van der Waals surface area contributed by atoms with E-state index in [9.17, 15) is 0 Å². The molecule has 0 N–H and O–H groups in total. The number of hydrogen-bond donors (Lipinski definition) is 0. The van der Waals surface area contributed by atoms with E-state index in [0.717, 1.165) is 0 Å². The van der Waals surface area contributed by atoms with Crippen LogP contribution in [0.4, 0.5) is 0 Å². The lowest BCUT2D eigenvalue weighted by Gasteiger charge is -1.99. The summed E-state index contributed by atoms with van der Waals surface area (Å²) in [5, 5.41) is 1.73. The van der Waals surface area contributed by atoms with Gasteiger partial charge in [0.25, 0.3) is 0 Å². The van der Waals surface area contributed by atoms with Crippen LogP contribution in [-0.4, -0.2) is 4.98 Å². The highest BCUT2D eigenvalue weighted by Gasteiger charge is 2.12. The molecule has 90 valence electrons. The van der Waals surface area contributed by atoms with Crippen LogP contribution in [0.3, 0.4) is 0 Å². The van der Waals surface area contributed by atoms with Crippen molar-refractivity contribution in [3.63, 3.8) is 0 Å². The number of hydrogen-bond acceptors (Lipinski definition) is 2. The average Bonchev–Trinajstić information content (AvgIpc) is 2.74. The summed E-state index contributed by atoms with van der Waals surface area (Å²) >= 11 is 17.9. The Hall–Kier alpha value is -1.22. The number of halogens is 3. The molecule has 5 heteroatoms. The molecule has 0 fully saturated rings. The van der Waals surface area contributed by atoms with E-state index in [1.54, 1.807) is 36.4 Å². The number of fused-ring (bicyclic) bond motifs is 1. The highest BCUT2D eigenvalue weighted by atomic mass is 35.5. The van der Waals surface area contributed by atoms with Crippen LogP contribution in [0.2, 0.25) is 15.1 Å². The average molecular weight is 299 g/mol. The first kappa shape index (κ1) is 11.8.